The van der Waals surface area contributed by atoms with Crippen LogP contribution in [0.15, 0.2) is 48.5 Å². The van der Waals surface area contributed by atoms with Crippen LogP contribution in [0.3, 0.4) is 0 Å². The molecule has 1 amide bonds. The maximum Gasteiger partial charge on any atom is 0.410 e. The van der Waals surface area contributed by atoms with Gasteiger partial charge in [-0.3, -0.25) is 0 Å². The van der Waals surface area contributed by atoms with Gasteiger partial charge >= 0.3 is 6.09 Å². The minimum atomic E-state index is -1.25. The van der Waals surface area contributed by atoms with Crippen molar-refractivity contribution in [2.75, 3.05) is 13.1 Å². The summed E-state index contributed by atoms with van der Waals surface area (Å²) in [6, 6.07) is 16.0. The number of rotatable bonds is 5. The van der Waals surface area contributed by atoms with Gasteiger partial charge in [0.1, 0.15) is 10.3 Å². The summed E-state index contributed by atoms with van der Waals surface area (Å²) in [6.45, 7) is 12.8. The first-order chi connectivity index (χ1) is 15.8. The quantitative estimate of drug-likeness (QED) is 0.457. The second-order valence-electron chi connectivity index (χ2n) is 10.9. The van der Waals surface area contributed by atoms with Crippen molar-refractivity contribution < 1.29 is 14.1 Å². The highest BCUT2D eigenvalue weighted by atomic mass is 35.5. The smallest absolute Gasteiger partial charge is 0.410 e. The van der Waals surface area contributed by atoms with E-state index in [0.29, 0.717) is 18.1 Å². The SMILES string of the molecule is CC(C)(C)OC(=O)N1CCC([C@@H](N[S@@+]([O-])C(C)(C)C)c2ccccc2-c2ccc(Cl)cc2)CC1. The van der Waals surface area contributed by atoms with Gasteiger partial charge in [-0.15, -0.1) is 4.72 Å². The molecule has 1 heterocycles. The summed E-state index contributed by atoms with van der Waals surface area (Å²) >= 11 is 4.88. The zero-order valence-corrected chi connectivity index (χ0v) is 22.6. The molecule has 2 aromatic carbocycles. The Bertz CT molecular complexity index is 961. The second-order valence-corrected chi connectivity index (χ2v) is 13.3. The number of benzene rings is 2. The maximum atomic E-state index is 13.2. The van der Waals surface area contributed by atoms with Crippen LogP contribution in [0.1, 0.15) is 66.0 Å². The Morgan fingerprint density at radius 1 is 1.06 bits per heavy atom. The first kappa shape index (κ1) is 26.9. The molecule has 34 heavy (non-hydrogen) atoms. The van der Waals surface area contributed by atoms with Crippen molar-refractivity contribution in [3.63, 3.8) is 0 Å². The first-order valence-electron chi connectivity index (χ1n) is 11.9. The van der Waals surface area contributed by atoms with Crippen LogP contribution in [0.25, 0.3) is 11.1 Å². The lowest BCUT2D eigenvalue weighted by Gasteiger charge is -2.38. The summed E-state index contributed by atoms with van der Waals surface area (Å²) in [4.78, 5) is 14.3. The van der Waals surface area contributed by atoms with Crippen LogP contribution in [0.2, 0.25) is 5.02 Å². The molecule has 1 N–H and O–H groups in total. The molecule has 7 heteroatoms. The summed E-state index contributed by atoms with van der Waals surface area (Å²) in [5, 5.41) is 0.694. The highest BCUT2D eigenvalue weighted by molar-refractivity contribution is 7.90. The predicted octanol–water partition coefficient (Wildman–Crippen LogP) is 6.75. The van der Waals surface area contributed by atoms with E-state index < -0.39 is 21.7 Å². The van der Waals surface area contributed by atoms with Gasteiger partial charge in [-0.05, 0) is 89.1 Å². The van der Waals surface area contributed by atoms with E-state index in [9.17, 15) is 9.35 Å². The monoisotopic (exact) mass is 504 g/mol. The fourth-order valence-electron chi connectivity index (χ4n) is 4.11. The zero-order chi connectivity index (χ0) is 25.1. The third-order valence-electron chi connectivity index (χ3n) is 5.90. The Morgan fingerprint density at radius 3 is 2.21 bits per heavy atom. The molecular weight excluding hydrogens is 468 g/mol. The van der Waals surface area contributed by atoms with Gasteiger partial charge in [-0.1, -0.05) is 48.0 Å². The molecule has 0 unspecified atom stereocenters. The molecule has 0 bridgehead atoms. The van der Waals surface area contributed by atoms with Crippen molar-refractivity contribution in [2.24, 2.45) is 5.92 Å². The molecule has 1 aliphatic rings. The van der Waals surface area contributed by atoms with Crippen LogP contribution < -0.4 is 4.72 Å². The zero-order valence-electron chi connectivity index (χ0n) is 21.1. The minimum Gasteiger partial charge on any atom is -0.598 e. The molecule has 2 atom stereocenters. The number of hydrogen-bond acceptors (Lipinski definition) is 4. The van der Waals surface area contributed by atoms with Gasteiger partial charge in [0.25, 0.3) is 0 Å². The van der Waals surface area contributed by atoms with E-state index in [4.69, 9.17) is 16.3 Å². The molecule has 0 aromatic heterocycles. The standard InChI is InChI=1S/C27H37ClN2O3S/c1-26(2,3)33-25(31)30-17-15-20(16-18-30)24(29-34(32)27(4,5)6)23-10-8-7-9-22(23)19-11-13-21(28)14-12-19/h7-14,20,24,29H,15-18H2,1-6H3/t24-,34+/m1/s1. The summed E-state index contributed by atoms with van der Waals surface area (Å²) in [5.41, 5.74) is 2.76. The van der Waals surface area contributed by atoms with E-state index >= 15 is 0 Å². The highest BCUT2D eigenvalue weighted by Gasteiger charge is 2.37. The Kier molecular flexibility index (Phi) is 8.61. The second kappa shape index (κ2) is 10.9. The molecular formula is C27H37ClN2O3S. The van der Waals surface area contributed by atoms with Gasteiger partial charge in [-0.2, -0.15) is 0 Å². The van der Waals surface area contributed by atoms with Gasteiger partial charge in [0.15, 0.2) is 0 Å². The topological polar surface area (TPSA) is 64.6 Å². The summed E-state index contributed by atoms with van der Waals surface area (Å²) in [7, 11) is 0. The molecule has 0 radical (unpaired) electrons. The summed E-state index contributed by atoms with van der Waals surface area (Å²) in [6.07, 6.45) is 1.33. The van der Waals surface area contributed by atoms with Gasteiger partial charge < -0.3 is 14.2 Å². The van der Waals surface area contributed by atoms with Gasteiger partial charge in [0, 0.05) is 29.5 Å². The normalized spacial score (nSPS) is 17.4. The molecule has 186 valence electrons. The van der Waals surface area contributed by atoms with Crippen LogP contribution in [0, 0.1) is 5.92 Å². The van der Waals surface area contributed by atoms with E-state index in [1.165, 1.54) is 0 Å². The number of halogens is 1. The minimum absolute atomic E-state index is 0.118. The van der Waals surface area contributed by atoms with Gasteiger partial charge in [0.05, 0.1) is 6.04 Å². The lowest BCUT2D eigenvalue weighted by atomic mass is 9.83. The number of amides is 1. The molecule has 0 aliphatic carbocycles. The lowest BCUT2D eigenvalue weighted by Crippen LogP contribution is -2.47. The number of nitrogens with zero attached hydrogens (tertiary/aromatic N) is 1. The van der Waals surface area contributed by atoms with Crippen molar-refractivity contribution in [1.82, 2.24) is 9.62 Å². The van der Waals surface area contributed by atoms with Crippen molar-refractivity contribution in [1.29, 1.82) is 0 Å². The third kappa shape index (κ3) is 7.14. The van der Waals surface area contributed by atoms with Crippen molar-refractivity contribution in [3.8, 4) is 11.1 Å². The van der Waals surface area contributed by atoms with Crippen molar-refractivity contribution >= 4 is 29.1 Å². The van der Waals surface area contributed by atoms with E-state index in [2.05, 4.69) is 16.9 Å². The van der Waals surface area contributed by atoms with Crippen LogP contribution in [0.5, 0.6) is 0 Å². The number of nitrogens with one attached hydrogen (secondary N) is 1. The summed E-state index contributed by atoms with van der Waals surface area (Å²) in [5.74, 6) is 0.221. The maximum absolute atomic E-state index is 13.2. The fourth-order valence-corrected chi connectivity index (χ4v) is 5.14. The number of carbonyl (C=O) groups is 1. The van der Waals surface area contributed by atoms with Crippen molar-refractivity contribution in [2.45, 2.75) is 70.8 Å². The average molecular weight is 505 g/mol. The van der Waals surface area contributed by atoms with Crippen LogP contribution in [-0.2, 0) is 16.1 Å². The Hall–Kier alpha value is -1.73. The molecule has 1 fully saturated rings. The molecule has 0 saturated carbocycles. The number of hydrogen-bond donors (Lipinski definition) is 1. The van der Waals surface area contributed by atoms with Crippen LogP contribution in [-0.4, -0.2) is 39.0 Å². The number of carbonyl (C=O) groups excluding carboxylic acids is 1. The molecule has 5 nitrogen and oxygen atoms in total. The van der Waals surface area contributed by atoms with E-state index in [1.807, 2.05) is 77.9 Å². The first-order valence-corrected chi connectivity index (χ1v) is 13.4. The van der Waals surface area contributed by atoms with E-state index in [0.717, 1.165) is 29.5 Å². The molecule has 1 aliphatic heterocycles. The number of piperidine rings is 1. The molecule has 0 spiro atoms. The number of likely N-dealkylation sites (tertiary alicyclic amines) is 1. The largest absolute Gasteiger partial charge is 0.598 e. The van der Waals surface area contributed by atoms with Crippen LogP contribution in [0.4, 0.5) is 4.79 Å². The molecule has 1 saturated heterocycles. The van der Waals surface area contributed by atoms with Crippen LogP contribution >= 0.6 is 11.6 Å². The van der Waals surface area contributed by atoms with Gasteiger partial charge in [-0.25, -0.2) is 4.79 Å². The summed E-state index contributed by atoms with van der Waals surface area (Å²) < 4.78 is 21.8. The van der Waals surface area contributed by atoms with E-state index in [-0.39, 0.29) is 18.1 Å². The number of ether oxygens (including phenoxy) is 1. The average Bonchev–Trinajstić information content (AvgIpc) is 2.76. The lowest BCUT2D eigenvalue weighted by molar-refractivity contribution is 0.0172. The van der Waals surface area contributed by atoms with E-state index in [1.54, 1.807) is 4.90 Å². The highest BCUT2D eigenvalue weighted by Crippen LogP contribution is 2.38. The Morgan fingerprint density at radius 2 is 1.65 bits per heavy atom. The van der Waals surface area contributed by atoms with Gasteiger partial charge in [0.2, 0.25) is 0 Å². The third-order valence-corrected chi connectivity index (χ3v) is 7.74. The van der Waals surface area contributed by atoms with Crippen molar-refractivity contribution in [3.05, 3.63) is 59.1 Å². The fraction of sp³-hybridized carbons (Fsp3) is 0.519. The predicted molar refractivity (Wildman–Crippen MR) is 141 cm³/mol. The molecule has 2 aromatic rings. The Balaban J connectivity index is 1.88. The Labute approximate surface area is 212 Å². The molecule has 3 rings (SSSR count).